The van der Waals surface area contributed by atoms with Crippen LogP contribution in [0.3, 0.4) is 0 Å². The third-order valence-electron chi connectivity index (χ3n) is 4.64. The van der Waals surface area contributed by atoms with Gasteiger partial charge in [0.2, 0.25) is 0 Å². The van der Waals surface area contributed by atoms with Gasteiger partial charge in [-0.25, -0.2) is 4.98 Å². The Morgan fingerprint density at radius 2 is 1.95 bits per heavy atom. The van der Waals surface area contributed by atoms with E-state index in [1.54, 1.807) is 0 Å². The fraction of sp³-hybridized carbons (Fsp3) is 0.438. The topological polar surface area (TPSA) is 40.7 Å². The molecule has 1 aromatic heterocycles. The van der Waals surface area contributed by atoms with Crippen LogP contribution in [0, 0.1) is 20.8 Å². The highest BCUT2D eigenvalue weighted by molar-refractivity contribution is 5.47. The highest BCUT2D eigenvalue weighted by Gasteiger charge is 2.37. The second-order valence-electron chi connectivity index (χ2n) is 5.71. The third kappa shape index (κ3) is 1.72. The van der Waals surface area contributed by atoms with E-state index < -0.39 is 0 Å². The summed E-state index contributed by atoms with van der Waals surface area (Å²) < 4.78 is 0. The molecule has 0 saturated heterocycles. The minimum Gasteiger partial charge on any atom is -0.348 e. The lowest BCUT2D eigenvalue weighted by molar-refractivity contribution is 0.401. The number of nitrogens with zero attached hydrogens (tertiary/aromatic N) is 1. The molecule has 2 N–H and O–H groups in total. The summed E-state index contributed by atoms with van der Waals surface area (Å²) in [6.07, 6.45) is 2.83. The van der Waals surface area contributed by atoms with E-state index in [0.29, 0.717) is 0 Å². The van der Waals surface area contributed by atoms with Crippen LogP contribution in [0.2, 0.25) is 0 Å². The van der Waals surface area contributed by atoms with Crippen LogP contribution in [0.4, 0.5) is 0 Å². The van der Waals surface area contributed by atoms with Crippen LogP contribution in [0.15, 0.2) is 18.5 Å². The summed E-state index contributed by atoms with van der Waals surface area (Å²) in [6.45, 7) is 9.81. The van der Waals surface area contributed by atoms with E-state index in [9.17, 15) is 0 Å². The molecule has 1 aliphatic rings. The number of benzene rings is 1. The van der Waals surface area contributed by atoms with Gasteiger partial charge in [0.25, 0.3) is 0 Å². The number of aryl methyl sites for hydroxylation is 1. The van der Waals surface area contributed by atoms with E-state index in [2.05, 4.69) is 55.1 Å². The second kappa shape index (κ2) is 4.20. The highest BCUT2D eigenvalue weighted by atomic mass is 15.1. The molecule has 0 radical (unpaired) electrons. The van der Waals surface area contributed by atoms with Crippen molar-refractivity contribution in [3.05, 3.63) is 52.1 Å². The van der Waals surface area contributed by atoms with Gasteiger partial charge in [-0.3, -0.25) is 0 Å². The molecule has 19 heavy (non-hydrogen) atoms. The van der Waals surface area contributed by atoms with E-state index in [4.69, 9.17) is 0 Å². The van der Waals surface area contributed by atoms with Crippen LogP contribution in [0.5, 0.6) is 0 Å². The van der Waals surface area contributed by atoms with Gasteiger partial charge in [0.05, 0.1) is 17.6 Å². The van der Waals surface area contributed by atoms with Gasteiger partial charge in [-0.15, -0.1) is 0 Å². The van der Waals surface area contributed by atoms with Gasteiger partial charge < -0.3 is 10.3 Å². The maximum Gasteiger partial charge on any atom is 0.0926 e. The number of fused-ring (bicyclic) bond motifs is 1. The van der Waals surface area contributed by atoms with Crippen LogP contribution < -0.4 is 5.32 Å². The molecule has 0 spiro atoms. The molecule has 1 aromatic carbocycles. The molecule has 1 unspecified atom stereocenters. The van der Waals surface area contributed by atoms with Crippen molar-refractivity contribution in [1.82, 2.24) is 15.3 Å². The number of rotatable bonds is 1. The first kappa shape index (κ1) is 12.4. The maximum atomic E-state index is 4.56. The average Bonchev–Trinajstić information content (AvgIpc) is 2.86. The molecule has 3 heteroatoms. The molecule has 0 fully saturated rings. The number of hydrogen-bond acceptors (Lipinski definition) is 2. The van der Waals surface area contributed by atoms with Gasteiger partial charge in [-0.05, 0) is 49.9 Å². The molecule has 1 atom stereocenters. The molecular formula is C16H21N3. The smallest absolute Gasteiger partial charge is 0.0926 e. The van der Waals surface area contributed by atoms with Crippen LogP contribution in [-0.4, -0.2) is 16.5 Å². The molecule has 1 aliphatic heterocycles. The summed E-state index contributed by atoms with van der Waals surface area (Å²) in [5, 5.41) is 3.66. The van der Waals surface area contributed by atoms with Crippen LogP contribution in [0.25, 0.3) is 0 Å². The fourth-order valence-corrected chi connectivity index (χ4v) is 3.18. The zero-order chi connectivity index (χ0) is 13.6. The van der Waals surface area contributed by atoms with Crippen molar-refractivity contribution in [2.24, 2.45) is 0 Å². The Morgan fingerprint density at radius 1 is 1.16 bits per heavy atom. The number of imidazole rings is 1. The van der Waals surface area contributed by atoms with Crippen molar-refractivity contribution in [2.75, 3.05) is 6.54 Å². The lowest BCUT2D eigenvalue weighted by Crippen LogP contribution is -2.46. The van der Waals surface area contributed by atoms with Crippen molar-refractivity contribution < 1.29 is 0 Å². The minimum atomic E-state index is -0.184. The Morgan fingerprint density at radius 3 is 2.74 bits per heavy atom. The largest absolute Gasteiger partial charge is 0.348 e. The zero-order valence-corrected chi connectivity index (χ0v) is 12.1. The SMILES string of the molecule is Cc1ccc(C2(C)NCCc3[nH]cnc32)c(C)c1C. The Hall–Kier alpha value is -1.61. The summed E-state index contributed by atoms with van der Waals surface area (Å²) in [4.78, 5) is 7.84. The predicted molar refractivity (Wildman–Crippen MR) is 77.4 cm³/mol. The quantitative estimate of drug-likeness (QED) is 0.822. The molecule has 100 valence electrons. The summed E-state index contributed by atoms with van der Waals surface area (Å²) in [7, 11) is 0. The Kier molecular flexibility index (Phi) is 2.75. The molecule has 0 bridgehead atoms. The van der Waals surface area contributed by atoms with E-state index in [1.807, 2.05) is 6.33 Å². The lowest BCUT2D eigenvalue weighted by Gasteiger charge is -2.36. The number of aromatic nitrogens is 2. The minimum absolute atomic E-state index is 0.184. The normalized spacial score (nSPS) is 22.3. The molecule has 0 saturated carbocycles. The first-order chi connectivity index (χ1) is 9.04. The fourth-order valence-electron chi connectivity index (χ4n) is 3.18. The van der Waals surface area contributed by atoms with Crippen LogP contribution in [0.1, 0.15) is 40.6 Å². The zero-order valence-electron chi connectivity index (χ0n) is 12.1. The Bertz CT molecular complexity index is 627. The summed E-state index contributed by atoms with van der Waals surface area (Å²) in [6, 6.07) is 4.46. The first-order valence-electron chi connectivity index (χ1n) is 6.89. The second-order valence-corrected chi connectivity index (χ2v) is 5.71. The summed E-state index contributed by atoms with van der Waals surface area (Å²) in [5.41, 5.74) is 7.65. The van der Waals surface area contributed by atoms with E-state index in [0.717, 1.165) is 18.7 Å². The van der Waals surface area contributed by atoms with Crippen LogP contribution in [-0.2, 0) is 12.0 Å². The molecule has 0 aliphatic carbocycles. The maximum absolute atomic E-state index is 4.56. The molecule has 3 rings (SSSR count). The standard InChI is InChI=1S/C16H21N3/c1-10-5-6-13(12(3)11(10)2)16(4)15-14(7-8-19-16)17-9-18-15/h5-6,9,19H,7-8H2,1-4H3,(H,17,18). The molecule has 2 heterocycles. The first-order valence-corrected chi connectivity index (χ1v) is 6.89. The molecule has 3 nitrogen and oxygen atoms in total. The van der Waals surface area contributed by atoms with Gasteiger partial charge in [0.1, 0.15) is 0 Å². The molecule has 2 aromatic rings. The molecule has 0 amide bonds. The van der Waals surface area contributed by atoms with E-state index >= 15 is 0 Å². The highest BCUT2D eigenvalue weighted by Crippen LogP contribution is 2.35. The number of H-pyrrole nitrogens is 1. The number of nitrogens with one attached hydrogen (secondary N) is 2. The van der Waals surface area contributed by atoms with Gasteiger partial charge in [0.15, 0.2) is 0 Å². The van der Waals surface area contributed by atoms with E-state index in [1.165, 1.54) is 27.9 Å². The number of aromatic amines is 1. The van der Waals surface area contributed by atoms with Crippen molar-refractivity contribution in [3.63, 3.8) is 0 Å². The van der Waals surface area contributed by atoms with Crippen molar-refractivity contribution in [3.8, 4) is 0 Å². The van der Waals surface area contributed by atoms with Gasteiger partial charge in [-0.1, -0.05) is 12.1 Å². The summed E-state index contributed by atoms with van der Waals surface area (Å²) in [5.74, 6) is 0. The average molecular weight is 255 g/mol. The molecular weight excluding hydrogens is 234 g/mol. The van der Waals surface area contributed by atoms with Crippen molar-refractivity contribution >= 4 is 0 Å². The number of hydrogen-bond donors (Lipinski definition) is 2. The van der Waals surface area contributed by atoms with Crippen LogP contribution >= 0.6 is 0 Å². The van der Waals surface area contributed by atoms with Gasteiger partial charge in [0, 0.05) is 18.7 Å². The van der Waals surface area contributed by atoms with Crippen molar-refractivity contribution in [1.29, 1.82) is 0 Å². The van der Waals surface area contributed by atoms with Crippen molar-refractivity contribution in [2.45, 2.75) is 39.7 Å². The van der Waals surface area contributed by atoms with Gasteiger partial charge in [-0.2, -0.15) is 0 Å². The summed E-state index contributed by atoms with van der Waals surface area (Å²) >= 11 is 0. The lowest BCUT2D eigenvalue weighted by atomic mass is 9.80. The van der Waals surface area contributed by atoms with E-state index in [-0.39, 0.29) is 5.54 Å². The third-order valence-corrected chi connectivity index (χ3v) is 4.64. The predicted octanol–water partition coefficient (Wildman–Crippen LogP) is 2.74. The Balaban J connectivity index is 2.21. The Labute approximate surface area is 114 Å². The van der Waals surface area contributed by atoms with Gasteiger partial charge >= 0.3 is 0 Å². The monoisotopic (exact) mass is 255 g/mol.